The van der Waals surface area contributed by atoms with Crippen molar-refractivity contribution in [3.8, 4) is 6.01 Å². The van der Waals surface area contributed by atoms with E-state index in [0.29, 0.717) is 30.4 Å². The van der Waals surface area contributed by atoms with Crippen LogP contribution in [-0.4, -0.2) is 34.6 Å². The van der Waals surface area contributed by atoms with Crippen molar-refractivity contribution in [2.75, 3.05) is 30.0 Å². The number of rotatable bonds is 9. The number of nitrogen functional groups attached to an aromatic ring is 1. The number of hydrogen-bond acceptors (Lipinski definition) is 7. The first-order valence-electron chi connectivity index (χ1n) is 7.24. The minimum atomic E-state index is 0.312. The fourth-order valence-corrected chi connectivity index (χ4v) is 1.67. The van der Waals surface area contributed by atoms with E-state index in [1.165, 1.54) is 0 Å². The van der Waals surface area contributed by atoms with Gasteiger partial charge in [-0.25, -0.2) is 5.84 Å². The summed E-state index contributed by atoms with van der Waals surface area (Å²) < 4.78 is 5.48. The lowest BCUT2D eigenvalue weighted by Gasteiger charge is -2.24. The van der Waals surface area contributed by atoms with Crippen molar-refractivity contribution in [3.05, 3.63) is 0 Å². The van der Waals surface area contributed by atoms with Gasteiger partial charge in [-0.1, -0.05) is 27.2 Å². The molecule has 1 aromatic rings. The van der Waals surface area contributed by atoms with Crippen LogP contribution < -0.4 is 20.9 Å². The van der Waals surface area contributed by atoms with E-state index < -0.39 is 0 Å². The summed E-state index contributed by atoms with van der Waals surface area (Å²) in [4.78, 5) is 14.9. The van der Waals surface area contributed by atoms with Gasteiger partial charge in [0, 0.05) is 13.1 Å². The second-order valence-electron chi connectivity index (χ2n) is 4.79. The van der Waals surface area contributed by atoms with Crippen molar-refractivity contribution in [2.24, 2.45) is 11.8 Å². The molecule has 0 saturated heterocycles. The minimum absolute atomic E-state index is 0.312. The molecule has 0 aliphatic rings. The largest absolute Gasteiger partial charge is 0.463 e. The first kappa shape index (κ1) is 16.4. The highest BCUT2D eigenvalue weighted by Gasteiger charge is 2.14. The molecule has 1 aromatic heterocycles. The molecule has 3 N–H and O–H groups in total. The van der Waals surface area contributed by atoms with Crippen molar-refractivity contribution >= 4 is 11.9 Å². The highest BCUT2D eigenvalue weighted by atomic mass is 16.5. The van der Waals surface area contributed by atoms with Gasteiger partial charge in [0.05, 0.1) is 6.61 Å². The van der Waals surface area contributed by atoms with Crippen LogP contribution in [0.5, 0.6) is 6.01 Å². The van der Waals surface area contributed by atoms with Gasteiger partial charge in [0.1, 0.15) is 0 Å². The molecule has 114 valence electrons. The smallest absolute Gasteiger partial charge is 0.323 e. The number of nitrogens with two attached hydrogens (primary N) is 1. The standard InChI is InChI=1S/C13H26N6O/c1-5-8-20-13-16-11(18-14)15-12(17-13)19(7-3)9-10(4)6-2/h10H,5-9,14H2,1-4H3,(H,15,16,17,18). The number of hydrazine groups is 1. The third-order valence-electron chi connectivity index (χ3n) is 3.06. The molecule has 0 amide bonds. The van der Waals surface area contributed by atoms with Crippen LogP contribution in [0.3, 0.4) is 0 Å². The SMILES string of the molecule is CCCOc1nc(NN)nc(N(CC)CC(C)CC)n1. The Kier molecular flexibility index (Phi) is 7.00. The molecule has 0 aliphatic heterocycles. The summed E-state index contributed by atoms with van der Waals surface area (Å²) >= 11 is 0. The Bertz CT molecular complexity index is 400. The first-order chi connectivity index (χ1) is 9.64. The van der Waals surface area contributed by atoms with E-state index in [-0.39, 0.29) is 0 Å². The highest BCUT2D eigenvalue weighted by molar-refractivity contribution is 5.37. The number of nitrogens with one attached hydrogen (secondary N) is 1. The third-order valence-corrected chi connectivity index (χ3v) is 3.06. The van der Waals surface area contributed by atoms with E-state index >= 15 is 0 Å². The summed E-state index contributed by atoms with van der Waals surface area (Å²) in [7, 11) is 0. The summed E-state index contributed by atoms with van der Waals surface area (Å²) in [5.74, 6) is 6.90. The summed E-state index contributed by atoms with van der Waals surface area (Å²) in [6.45, 7) is 10.8. The molecule has 7 heteroatoms. The Hall–Kier alpha value is -1.63. The van der Waals surface area contributed by atoms with Crippen LogP contribution in [0.15, 0.2) is 0 Å². The van der Waals surface area contributed by atoms with Gasteiger partial charge in [-0.2, -0.15) is 15.0 Å². The van der Waals surface area contributed by atoms with Crippen molar-refractivity contribution in [2.45, 2.75) is 40.5 Å². The van der Waals surface area contributed by atoms with Crippen LogP contribution in [0.1, 0.15) is 40.5 Å². The molecule has 0 fully saturated rings. The monoisotopic (exact) mass is 282 g/mol. The molecular formula is C13H26N6O. The Morgan fingerprint density at radius 3 is 2.55 bits per heavy atom. The maximum atomic E-state index is 5.48. The fourth-order valence-electron chi connectivity index (χ4n) is 1.67. The van der Waals surface area contributed by atoms with Gasteiger partial charge in [0.2, 0.25) is 11.9 Å². The molecule has 1 atom stereocenters. The topological polar surface area (TPSA) is 89.2 Å². The van der Waals surface area contributed by atoms with Crippen LogP contribution in [0.25, 0.3) is 0 Å². The van der Waals surface area contributed by atoms with Crippen LogP contribution in [-0.2, 0) is 0 Å². The number of nitrogens with zero attached hydrogens (tertiary/aromatic N) is 4. The van der Waals surface area contributed by atoms with E-state index in [2.05, 4.69) is 46.0 Å². The zero-order valence-corrected chi connectivity index (χ0v) is 12.9. The maximum Gasteiger partial charge on any atom is 0.323 e. The lowest BCUT2D eigenvalue weighted by Crippen LogP contribution is -2.30. The predicted octanol–water partition coefficient (Wildman–Crippen LogP) is 1.82. The minimum Gasteiger partial charge on any atom is -0.463 e. The van der Waals surface area contributed by atoms with Gasteiger partial charge in [-0.3, -0.25) is 5.43 Å². The third kappa shape index (κ3) is 4.80. The van der Waals surface area contributed by atoms with Gasteiger partial charge in [0.15, 0.2) is 0 Å². The zero-order valence-electron chi connectivity index (χ0n) is 12.9. The summed E-state index contributed by atoms with van der Waals surface area (Å²) in [6, 6.07) is 0.312. The van der Waals surface area contributed by atoms with E-state index in [0.717, 1.165) is 25.9 Å². The molecule has 0 bridgehead atoms. The maximum absolute atomic E-state index is 5.48. The summed E-state index contributed by atoms with van der Waals surface area (Å²) in [5.41, 5.74) is 2.46. The average molecular weight is 282 g/mol. The summed E-state index contributed by atoms with van der Waals surface area (Å²) in [5, 5.41) is 0. The van der Waals surface area contributed by atoms with E-state index in [1.807, 2.05) is 6.92 Å². The van der Waals surface area contributed by atoms with Gasteiger partial charge in [-0.05, 0) is 19.3 Å². The summed E-state index contributed by atoms with van der Waals surface area (Å²) in [6.07, 6.45) is 2.01. The molecular weight excluding hydrogens is 256 g/mol. The number of anilines is 2. The average Bonchev–Trinajstić information content (AvgIpc) is 2.49. The fraction of sp³-hybridized carbons (Fsp3) is 0.769. The van der Waals surface area contributed by atoms with Crippen LogP contribution >= 0.6 is 0 Å². The van der Waals surface area contributed by atoms with Gasteiger partial charge >= 0.3 is 6.01 Å². The normalized spacial score (nSPS) is 12.1. The quantitative estimate of drug-likeness (QED) is 0.527. The Balaban J connectivity index is 2.94. The van der Waals surface area contributed by atoms with Crippen molar-refractivity contribution in [1.29, 1.82) is 0 Å². The second-order valence-corrected chi connectivity index (χ2v) is 4.79. The Labute approximate surface area is 120 Å². The van der Waals surface area contributed by atoms with Gasteiger partial charge < -0.3 is 9.64 Å². The molecule has 0 aliphatic carbocycles. The molecule has 0 radical (unpaired) electrons. The molecule has 7 nitrogen and oxygen atoms in total. The van der Waals surface area contributed by atoms with E-state index in [9.17, 15) is 0 Å². The molecule has 0 saturated carbocycles. The molecule has 20 heavy (non-hydrogen) atoms. The Morgan fingerprint density at radius 1 is 1.25 bits per heavy atom. The highest BCUT2D eigenvalue weighted by Crippen LogP contribution is 2.16. The van der Waals surface area contributed by atoms with Gasteiger partial charge in [-0.15, -0.1) is 0 Å². The van der Waals surface area contributed by atoms with E-state index in [1.54, 1.807) is 0 Å². The first-order valence-corrected chi connectivity index (χ1v) is 7.24. The molecule has 1 rings (SSSR count). The van der Waals surface area contributed by atoms with Crippen LogP contribution in [0.2, 0.25) is 0 Å². The van der Waals surface area contributed by atoms with Crippen LogP contribution in [0, 0.1) is 5.92 Å². The lowest BCUT2D eigenvalue weighted by molar-refractivity contribution is 0.291. The predicted molar refractivity (Wildman–Crippen MR) is 80.8 cm³/mol. The number of hydrogen-bond donors (Lipinski definition) is 2. The van der Waals surface area contributed by atoms with Crippen LogP contribution in [0.4, 0.5) is 11.9 Å². The lowest BCUT2D eigenvalue weighted by atomic mass is 10.1. The van der Waals surface area contributed by atoms with Gasteiger partial charge in [0.25, 0.3) is 0 Å². The second kappa shape index (κ2) is 8.52. The molecule has 1 heterocycles. The molecule has 0 aromatic carbocycles. The van der Waals surface area contributed by atoms with Crippen molar-refractivity contribution in [3.63, 3.8) is 0 Å². The zero-order chi connectivity index (χ0) is 15.0. The number of aromatic nitrogens is 3. The molecule has 1 unspecified atom stereocenters. The Morgan fingerprint density at radius 2 is 2.00 bits per heavy atom. The van der Waals surface area contributed by atoms with E-state index in [4.69, 9.17) is 10.6 Å². The molecule has 0 spiro atoms. The number of ether oxygens (including phenoxy) is 1. The van der Waals surface area contributed by atoms with Crippen molar-refractivity contribution < 1.29 is 4.74 Å². The van der Waals surface area contributed by atoms with Crippen molar-refractivity contribution in [1.82, 2.24) is 15.0 Å².